The van der Waals surface area contributed by atoms with Crippen LogP contribution >= 0.6 is 11.8 Å². The SMILES string of the molecule is Cc1ccccc1N1CCS/C1=N\N=C\c1ccc(C(N)=NC=Nc2ccc(OF)cc2)cc1. The van der Waals surface area contributed by atoms with E-state index in [0.29, 0.717) is 11.5 Å². The van der Waals surface area contributed by atoms with E-state index >= 15 is 0 Å². The fourth-order valence-electron chi connectivity index (χ4n) is 3.28. The van der Waals surface area contributed by atoms with Gasteiger partial charge in [0.15, 0.2) is 10.9 Å². The molecule has 0 saturated carbocycles. The van der Waals surface area contributed by atoms with Gasteiger partial charge in [0.1, 0.15) is 12.2 Å². The standard InChI is InChI=1S/C25H23FN6OS/c1-18-4-2-3-5-23(18)32-14-15-34-25(32)31-30-16-19-6-8-20(9-7-19)24(27)29-17-28-21-10-12-22(33-26)13-11-21/h2-13,16-17H,14-15H2,1H3,(H2,27,28,29)/b30-16+,31-25-. The summed E-state index contributed by atoms with van der Waals surface area (Å²) in [6.45, 7) is 3.01. The van der Waals surface area contributed by atoms with Crippen molar-refractivity contribution in [1.29, 1.82) is 0 Å². The number of thioether (sulfide) groups is 1. The Morgan fingerprint density at radius 2 is 1.82 bits per heavy atom. The number of nitrogens with two attached hydrogens (primary N) is 1. The summed E-state index contributed by atoms with van der Waals surface area (Å²) in [5.41, 5.74) is 10.7. The van der Waals surface area contributed by atoms with Gasteiger partial charge in [-0.15, -0.1) is 5.10 Å². The van der Waals surface area contributed by atoms with Gasteiger partial charge in [-0.25, -0.2) is 9.98 Å². The summed E-state index contributed by atoms with van der Waals surface area (Å²) in [6.07, 6.45) is 3.07. The molecule has 0 radical (unpaired) electrons. The van der Waals surface area contributed by atoms with Crippen LogP contribution in [0, 0.1) is 6.92 Å². The number of amidine groups is 2. The molecular weight excluding hydrogens is 451 g/mol. The second-order valence-corrected chi connectivity index (χ2v) is 8.43. The number of para-hydroxylation sites is 1. The predicted octanol–water partition coefficient (Wildman–Crippen LogP) is 5.27. The van der Waals surface area contributed by atoms with Crippen LogP contribution in [0.3, 0.4) is 0 Å². The van der Waals surface area contributed by atoms with Crippen LogP contribution in [0.25, 0.3) is 0 Å². The molecule has 0 aliphatic carbocycles. The first-order chi connectivity index (χ1) is 16.6. The number of benzene rings is 3. The molecule has 1 saturated heterocycles. The number of hydrogen-bond acceptors (Lipinski definition) is 5. The number of halogens is 1. The molecule has 1 aliphatic rings. The molecular formula is C25H23FN6OS. The van der Waals surface area contributed by atoms with Gasteiger partial charge in [-0.1, -0.05) is 54.2 Å². The molecule has 7 nitrogen and oxygen atoms in total. The normalized spacial score (nSPS) is 15.6. The van der Waals surface area contributed by atoms with Gasteiger partial charge in [-0.05, 0) is 48.4 Å². The zero-order chi connectivity index (χ0) is 23.8. The highest BCUT2D eigenvalue weighted by Crippen LogP contribution is 2.28. The predicted molar refractivity (Wildman–Crippen MR) is 140 cm³/mol. The maximum atomic E-state index is 12.1. The maximum Gasteiger partial charge on any atom is 0.190 e. The number of anilines is 1. The lowest BCUT2D eigenvalue weighted by atomic mass is 10.1. The largest absolute Gasteiger partial charge is 0.383 e. The summed E-state index contributed by atoms with van der Waals surface area (Å²) >= 11 is 1.70. The molecule has 3 aromatic carbocycles. The van der Waals surface area contributed by atoms with Crippen LogP contribution in [0.15, 0.2) is 93.0 Å². The summed E-state index contributed by atoms with van der Waals surface area (Å²) in [7, 11) is 0. The lowest BCUT2D eigenvalue weighted by Crippen LogP contribution is -2.24. The van der Waals surface area contributed by atoms with Crippen LogP contribution in [0.2, 0.25) is 0 Å². The van der Waals surface area contributed by atoms with Crippen molar-refractivity contribution >= 4 is 46.7 Å². The Kier molecular flexibility index (Phi) is 7.67. The lowest BCUT2D eigenvalue weighted by molar-refractivity contribution is -0.00618. The third kappa shape index (κ3) is 5.87. The number of nitrogens with zero attached hydrogens (tertiary/aromatic N) is 5. The molecule has 9 heteroatoms. The Morgan fingerprint density at radius 1 is 1.06 bits per heavy atom. The van der Waals surface area contributed by atoms with Crippen LogP contribution in [0.4, 0.5) is 15.9 Å². The van der Waals surface area contributed by atoms with E-state index in [1.165, 1.54) is 24.0 Å². The fourth-order valence-corrected chi connectivity index (χ4v) is 4.18. The topological polar surface area (TPSA) is 87.9 Å². The van der Waals surface area contributed by atoms with E-state index in [-0.39, 0.29) is 5.75 Å². The first-order valence-corrected chi connectivity index (χ1v) is 11.5. The van der Waals surface area contributed by atoms with Gasteiger partial charge in [0, 0.05) is 28.1 Å². The highest BCUT2D eigenvalue weighted by atomic mass is 32.2. The Morgan fingerprint density at radius 3 is 2.56 bits per heavy atom. The molecule has 1 fully saturated rings. The minimum absolute atomic E-state index is 0.114. The van der Waals surface area contributed by atoms with Crippen molar-refractivity contribution in [3.63, 3.8) is 0 Å². The summed E-state index contributed by atoms with van der Waals surface area (Å²) in [6, 6.07) is 21.9. The fraction of sp³-hybridized carbons (Fsp3) is 0.120. The van der Waals surface area contributed by atoms with Gasteiger partial charge < -0.3 is 10.6 Å². The van der Waals surface area contributed by atoms with Gasteiger partial charge in [0.05, 0.1) is 11.9 Å². The number of rotatable bonds is 7. The van der Waals surface area contributed by atoms with E-state index in [4.69, 9.17) is 5.73 Å². The van der Waals surface area contributed by atoms with Crippen molar-refractivity contribution in [3.8, 4) is 5.75 Å². The first kappa shape index (κ1) is 23.2. The molecule has 0 atom stereocenters. The van der Waals surface area contributed by atoms with Crippen LogP contribution in [-0.2, 0) is 0 Å². The first-order valence-electron chi connectivity index (χ1n) is 10.6. The van der Waals surface area contributed by atoms with E-state index in [1.807, 2.05) is 36.4 Å². The number of hydrogen-bond donors (Lipinski definition) is 1. The Balaban J connectivity index is 1.38. The Bertz CT molecular complexity index is 1240. The smallest absolute Gasteiger partial charge is 0.190 e. The van der Waals surface area contributed by atoms with E-state index in [2.05, 4.69) is 49.1 Å². The van der Waals surface area contributed by atoms with Gasteiger partial charge in [0.25, 0.3) is 0 Å². The molecule has 172 valence electrons. The summed E-state index contributed by atoms with van der Waals surface area (Å²) < 4.78 is 12.1. The molecule has 0 spiro atoms. The molecule has 0 bridgehead atoms. The van der Waals surface area contributed by atoms with Crippen LogP contribution in [0.1, 0.15) is 16.7 Å². The molecule has 0 aromatic heterocycles. The van der Waals surface area contributed by atoms with Crippen LogP contribution < -0.4 is 15.6 Å². The zero-order valence-electron chi connectivity index (χ0n) is 18.5. The highest BCUT2D eigenvalue weighted by Gasteiger charge is 2.22. The van der Waals surface area contributed by atoms with E-state index in [0.717, 1.165) is 34.3 Å². The minimum atomic E-state index is 0.114. The number of aryl methyl sites for hydroxylation is 1. The van der Waals surface area contributed by atoms with Crippen molar-refractivity contribution in [3.05, 3.63) is 89.5 Å². The average molecular weight is 475 g/mol. The molecule has 34 heavy (non-hydrogen) atoms. The molecule has 0 unspecified atom stereocenters. The third-order valence-corrected chi connectivity index (χ3v) is 6.02. The second kappa shape index (κ2) is 11.2. The van der Waals surface area contributed by atoms with Crippen LogP contribution in [-0.4, -0.2) is 35.9 Å². The van der Waals surface area contributed by atoms with Gasteiger partial charge in [-0.3, -0.25) is 4.94 Å². The Hall–Kier alpha value is -3.98. The van der Waals surface area contributed by atoms with E-state index < -0.39 is 0 Å². The average Bonchev–Trinajstić information content (AvgIpc) is 3.33. The third-order valence-electron chi connectivity index (χ3n) is 5.07. The Labute approximate surface area is 201 Å². The van der Waals surface area contributed by atoms with E-state index in [9.17, 15) is 4.53 Å². The van der Waals surface area contributed by atoms with Gasteiger partial charge >= 0.3 is 0 Å². The van der Waals surface area contributed by atoms with Gasteiger partial charge in [0.2, 0.25) is 0 Å². The summed E-state index contributed by atoms with van der Waals surface area (Å²) in [4.78, 5) is 14.2. The molecule has 0 amide bonds. The van der Waals surface area contributed by atoms with Crippen molar-refractivity contribution < 1.29 is 9.47 Å². The van der Waals surface area contributed by atoms with Crippen LogP contribution in [0.5, 0.6) is 5.75 Å². The minimum Gasteiger partial charge on any atom is -0.383 e. The van der Waals surface area contributed by atoms with Gasteiger partial charge in [-0.2, -0.15) is 5.10 Å². The number of aliphatic imine (C=N–C) groups is 2. The second-order valence-electron chi connectivity index (χ2n) is 7.37. The molecule has 3 aromatic rings. The maximum absolute atomic E-state index is 12.1. The van der Waals surface area contributed by atoms with Crippen molar-refractivity contribution in [2.45, 2.75) is 6.92 Å². The van der Waals surface area contributed by atoms with Crippen molar-refractivity contribution in [2.75, 3.05) is 17.2 Å². The molecule has 4 rings (SSSR count). The molecule has 2 N–H and O–H groups in total. The van der Waals surface area contributed by atoms with Crippen molar-refractivity contribution in [2.24, 2.45) is 25.9 Å². The molecule has 1 heterocycles. The summed E-state index contributed by atoms with van der Waals surface area (Å²) in [5.74, 6) is 1.42. The summed E-state index contributed by atoms with van der Waals surface area (Å²) in [5, 5.41) is 9.61. The lowest BCUT2D eigenvalue weighted by Gasteiger charge is -2.19. The zero-order valence-corrected chi connectivity index (χ0v) is 19.3. The highest BCUT2D eigenvalue weighted by molar-refractivity contribution is 8.14. The molecule has 1 aliphatic heterocycles. The van der Waals surface area contributed by atoms with E-state index in [1.54, 1.807) is 30.1 Å². The monoisotopic (exact) mass is 474 g/mol. The quantitative estimate of drug-likeness (QED) is 0.287. The van der Waals surface area contributed by atoms with Crippen molar-refractivity contribution in [1.82, 2.24) is 0 Å².